The van der Waals surface area contributed by atoms with Crippen molar-refractivity contribution in [2.24, 2.45) is 0 Å². The molecule has 1 aromatic carbocycles. The van der Waals surface area contributed by atoms with Gasteiger partial charge in [0.05, 0.1) is 18.3 Å². The van der Waals surface area contributed by atoms with Gasteiger partial charge in [-0.1, -0.05) is 0 Å². The maximum absolute atomic E-state index is 12.3. The largest absolute Gasteiger partial charge is 0.496 e. The van der Waals surface area contributed by atoms with E-state index in [-0.39, 0.29) is 5.43 Å². The molecule has 0 spiro atoms. The number of aryl methyl sites for hydroxylation is 1. The lowest BCUT2D eigenvalue weighted by atomic mass is 10.1. The van der Waals surface area contributed by atoms with Crippen molar-refractivity contribution in [1.29, 1.82) is 0 Å². The van der Waals surface area contributed by atoms with Crippen LogP contribution in [0.3, 0.4) is 0 Å². The molecule has 0 saturated carbocycles. The van der Waals surface area contributed by atoms with Gasteiger partial charge in [-0.3, -0.25) is 4.79 Å². The number of hydrogen-bond donors (Lipinski definition) is 1. The first-order chi connectivity index (χ1) is 10.1. The Morgan fingerprint density at radius 3 is 2.90 bits per heavy atom. The summed E-state index contributed by atoms with van der Waals surface area (Å²) in [6, 6.07) is 5.11. The third-order valence-electron chi connectivity index (χ3n) is 3.32. The maximum Gasteiger partial charge on any atom is 0.190 e. The molecule has 3 rings (SSSR count). The van der Waals surface area contributed by atoms with Gasteiger partial charge in [0.2, 0.25) is 0 Å². The lowest BCUT2D eigenvalue weighted by molar-refractivity contribution is 0.412. The van der Waals surface area contributed by atoms with Crippen molar-refractivity contribution in [2.75, 3.05) is 7.11 Å². The second-order valence-electron chi connectivity index (χ2n) is 4.54. The molecular formula is C16H12N2O2S. The summed E-state index contributed by atoms with van der Waals surface area (Å²) in [5, 5.41) is 3.12. The molecule has 21 heavy (non-hydrogen) atoms. The third-order valence-corrected chi connectivity index (χ3v) is 4.19. The molecule has 0 radical (unpaired) electrons. The summed E-state index contributed by atoms with van der Waals surface area (Å²) in [5.74, 6) is 3.22. The molecule has 0 bridgehead atoms. The molecule has 5 heteroatoms. The number of H-pyrrole nitrogens is 1. The van der Waals surface area contributed by atoms with Gasteiger partial charge in [-0.25, -0.2) is 4.98 Å². The van der Waals surface area contributed by atoms with Crippen LogP contribution in [0, 0.1) is 19.3 Å². The Balaban J connectivity index is 2.29. The Morgan fingerprint density at radius 2 is 2.24 bits per heavy atom. The lowest BCUT2D eigenvalue weighted by Gasteiger charge is -2.09. The van der Waals surface area contributed by atoms with Gasteiger partial charge in [0.25, 0.3) is 0 Å². The van der Waals surface area contributed by atoms with Gasteiger partial charge in [0.15, 0.2) is 5.43 Å². The summed E-state index contributed by atoms with van der Waals surface area (Å²) in [6.07, 6.45) is 5.33. The van der Waals surface area contributed by atoms with Crippen LogP contribution in [0.25, 0.3) is 21.6 Å². The second-order valence-corrected chi connectivity index (χ2v) is 5.40. The predicted octanol–water partition coefficient (Wildman–Crippen LogP) is 2.95. The summed E-state index contributed by atoms with van der Waals surface area (Å²) >= 11 is 1.41. The highest BCUT2D eigenvalue weighted by Gasteiger charge is 2.11. The van der Waals surface area contributed by atoms with Gasteiger partial charge in [0, 0.05) is 22.4 Å². The number of hydrogen-bond acceptors (Lipinski definition) is 4. The fraction of sp³-hybridized carbons (Fsp3) is 0.125. The van der Waals surface area contributed by atoms with Crippen molar-refractivity contribution in [3.05, 3.63) is 45.1 Å². The summed E-state index contributed by atoms with van der Waals surface area (Å²) in [5.41, 5.74) is 2.83. The van der Waals surface area contributed by atoms with Crippen LogP contribution in [-0.4, -0.2) is 17.1 Å². The predicted molar refractivity (Wildman–Crippen MR) is 84.9 cm³/mol. The van der Waals surface area contributed by atoms with Gasteiger partial charge >= 0.3 is 0 Å². The van der Waals surface area contributed by atoms with E-state index in [2.05, 4.69) is 15.9 Å². The number of benzene rings is 1. The van der Waals surface area contributed by atoms with E-state index in [4.69, 9.17) is 11.2 Å². The van der Waals surface area contributed by atoms with Crippen molar-refractivity contribution in [3.8, 4) is 28.8 Å². The first-order valence-corrected chi connectivity index (χ1v) is 7.15. The molecule has 0 atom stereocenters. The van der Waals surface area contributed by atoms with Crippen LogP contribution >= 0.6 is 11.3 Å². The Labute approximate surface area is 125 Å². The lowest BCUT2D eigenvalue weighted by Crippen LogP contribution is -2.04. The number of rotatable bonds is 2. The standard InChI is InChI=1S/C16H12N2O2S/c1-4-10-8-21-16(17-10)12-7-13(19)11-5-6-14(20-3)9(2)15(11)18-12/h1,5-8H,2-3H3,(H,18,19). The average Bonchev–Trinajstić information content (AvgIpc) is 2.97. The fourth-order valence-corrected chi connectivity index (χ4v) is 2.97. The topological polar surface area (TPSA) is 55.0 Å². The summed E-state index contributed by atoms with van der Waals surface area (Å²) < 4.78 is 5.30. The van der Waals surface area contributed by atoms with E-state index in [1.807, 2.05) is 6.92 Å². The molecule has 0 aliphatic carbocycles. The van der Waals surface area contributed by atoms with E-state index >= 15 is 0 Å². The second kappa shape index (κ2) is 5.08. The summed E-state index contributed by atoms with van der Waals surface area (Å²) in [6.45, 7) is 1.91. The molecule has 4 nitrogen and oxygen atoms in total. The Bertz CT molecular complexity index is 932. The number of methoxy groups -OCH3 is 1. The molecule has 0 saturated heterocycles. The highest BCUT2D eigenvalue weighted by Crippen LogP contribution is 2.27. The number of ether oxygens (including phenoxy) is 1. The van der Waals surface area contributed by atoms with Crippen molar-refractivity contribution in [3.63, 3.8) is 0 Å². The zero-order valence-electron chi connectivity index (χ0n) is 11.6. The van der Waals surface area contributed by atoms with E-state index in [9.17, 15) is 4.79 Å². The highest BCUT2D eigenvalue weighted by atomic mass is 32.1. The Hall–Kier alpha value is -2.58. The molecule has 1 N–H and O–H groups in total. The Morgan fingerprint density at radius 1 is 1.43 bits per heavy atom. The number of aromatic amines is 1. The first-order valence-electron chi connectivity index (χ1n) is 6.27. The van der Waals surface area contributed by atoms with Crippen LogP contribution in [0.4, 0.5) is 0 Å². The van der Waals surface area contributed by atoms with Crippen LogP contribution in [0.5, 0.6) is 5.75 Å². The van der Waals surface area contributed by atoms with Gasteiger partial charge < -0.3 is 9.72 Å². The van der Waals surface area contributed by atoms with Crippen LogP contribution < -0.4 is 10.2 Å². The fourth-order valence-electron chi connectivity index (χ4n) is 2.24. The van der Waals surface area contributed by atoms with E-state index in [1.54, 1.807) is 30.7 Å². The molecule has 0 amide bonds. The molecule has 0 fully saturated rings. The normalized spacial score (nSPS) is 10.5. The van der Waals surface area contributed by atoms with Crippen molar-refractivity contribution >= 4 is 22.2 Å². The Kier molecular flexibility index (Phi) is 3.24. The van der Waals surface area contributed by atoms with Crippen molar-refractivity contribution < 1.29 is 4.74 Å². The van der Waals surface area contributed by atoms with E-state index in [0.717, 1.165) is 16.8 Å². The number of thiazole rings is 1. The summed E-state index contributed by atoms with van der Waals surface area (Å²) in [7, 11) is 1.61. The summed E-state index contributed by atoms with van der Waals surface area (Å²) in [4.78, 5) is 19.8. The smallest absolute Gasteiger partial charge is 0.190 e. The molecule has 2 heterocycles. The minimum absolute atomic E-state index is 0.0537. The van der Waals surface area contributed by atoms with E-state index < -0.39 is 0 Å². The molecule has 0 unspecified atom stereocenters. The average molecular weight is 296 g/mol. The van der Waals surface area contributed by atoms with Gasteiger partial charge in [0.1, 0.15) is 16.5 Å². The first kappa shape index (κ1) is 13.4. The molecule has 0 aliphatic heterocycles. The van der Waals surface area contributed by atoms with Crippen LogP contribution in [-0.2, 0) is 0 Å². The molecule has 2 aromatic heterocycles. The SMILES string of the molecule is C#Cc1csc(-c2cc(=O)c3ccc(OC)c(C)c3[nH]2)n1. The zero-order chi connectivity index (χ0) is 15.0. The zero-order valence-corrected chi connectivity index (χ0v) is 12.4. The van der Waals surface area contributed by atoms with Crippen LogP contribution in [0.15, 0.2) is 28.4 Å². The van der Waals surface area contributed by atoms with E-state index in [0.29, 0.717) is 21.8 Å². The number of pyridine rings is 1. The number of aromatic nitrogens is 2. The van der Waals surface area contributed by atoms with Crippen molar-refractivity contribution in [2.45, 2.75) is 6.92 Å². The van der Waals surface area contributed by atoms with Gasteiger partial charge in [-0.15, -0.1) is 17.8 Å². The van der Waals surface area contributed by atoms with Crippen molar-refractivity contribution in [1.82, 2.24) is 9.97 Å². The monoisotopic (exact) mass is 296 g/mol. The molecule has 0 aliphatic rings. The van der Waals surface area contributed by atoms with Crippen LogP contribution in [0.1, 0.15) is 11.3 Å². The minimum Gasteiger partial charge on any atom is -0.496 e. The van der Waals surface area contributed by atoms with Crippen LogP contribution in [0.2, 0.25) is 0 Å². The molecule has 3 aromatic rings. The molecule has 104 valence electrons. The minimum atomic E-state index is -0.0537. The quantitative estimate of drug-likeness (QED) is 0.740. The third kappa shape index (κ3) is 2.20. The van der Waals surface area contributed by atoms with Gasteiger partial charge in [-0.2, -0.15) is 0 Å². The van der Waals surface area contributed by atoms with E-state index in [1.165, 1.54) is 11.3 Å². The number of nitrogens with zero attached hydrogens (tertiary/aromatic N) is 1. The highest BCUT2D eigenvalue weighted by molar-refractivity contribution is 7.13. The molecular weight excluding hydrogens is 284 g/mol. The maximum atomic E-state index is 12.3. The number of nitrogens with one attached hydrogen (secondary N) is 1. The number of fused-ring (bicyclic) bond motifs is 1. The van der Waals surface area contributed by atoms with Gasteiger partial charge in [-0.05, 0) is 25.0 Å². The number of terminal acetylenes is 1.